The van der Waals surface area contributed by atoms with Crippen molar-refractivity contribution < 1.29 is 17.9 Å². The Labute approximate surface area is 170 Å². The van der Waals surface area contributed by atoms with Crippen molar-refractivity contribution in [3.05, 3.63) is 65.2 Å². The summed E-state index contributed by atoms with van der Waals surface area (Å²) in [6.07, 6.45) is 2.02. The van der Waals surface area contributed by atoms with Gasteiger partial charge < -0.3 is 10.1 Å². The largest absolute Gasteiger partial charge is 0.495 e. The molecule has 0 spiro atoms. The molecule has 7 heteroatoms. The van der Waals surface area contributed by atoms with Crippen LogP contribution in [0.3, 0.4) is 0 Å². The van der Waals surface area contributed by atoms with Crippen LogP contribution in [0.1, 0.15) is 21.5 Å². The van der Waals surface area contributed by atoms with Crippen LogP contribution in [0.5, 0.6) is 5.75 Å². The molecule has 0 bridgehead atoms. The van der Waals surface area contributed by atoms with Crippen LogP contribution in [-0.2, 0) is 22.9 Å². The molecule has 0 atom stereocenters. The summed E-state index contributed by atoms with van der Waals surface area (Å²) in [5.74, 6) is -0.179. The third kappa shape index (κ3) is 3.26. The maximum Gasteiger partial charge on any atom is 0.255 e. The van der Waals surface area contributed by atoms with Crippen LogP contribution < -0.4 is 10.1 Å². The van der Waals surface area contributed by atoms with Gasteiger partial charge in [-0.05, 0) is 53.6 Å². The maximum atomic E-state index is 12.9. The minimum absolute atomic E-state index is 0.0435. The molecular weight excluding hydrogens is 388 g/mol. The molecule has 0 saturated carbocycles. The van der Waals surface area contributed by atoms with E-state index in [0.29, 0.717) is 5.69 Å². The van der Waals surface area contributed by atoms with Crippen molar-refractivity contribution in [3.8, 4) is 5.75 Å². The van der Waals surface area contributed by atoms with Crippen LogP contribution in [0, 0.1) is 0 Å². The lowest BCUT2D eigenvalue weighted by molar-refractivity contribution is 0.102. The second kappa shape index (κ2) is 7.17. The quantitative estimate of drug-likeness (QED) is 0.699. The molecule has 150 valence electrons. The first-order valence-corrected chi connectivity index (χ1v) is 10.7. The van der Waals surface area contributed by atoms with Crippen molar-refractivity contribution in [2.45, 2.75) is 17.7 Å². The number of amides is 1. The van der Waals surface area contributed by atoms with Gasteiger partial charge in [-0.1, -0.05) is 24.3 Å². The lowest BCUT2D eigenvalue weighted by Gasteiger charge is -2.16. The highest BCUT2D eigenvalue weighted by Crippen LogP contribution is 2.35. The number of anilines is 1. The van der Waals surface area contributed by atoms with E-state index in [1.54, 1.807) is 6.07 Å². The van der Waals surface area contributed by atoms with Gasteiger partial charge >= 0.3 is 0 Å². The average Bonchev–Trinajstić information content (AvgIpc) is 3.14. The second-order valence-electron chi connectivity index (χ2n) is 7.22. The van der Waals surface area contributed by atoms with Crippen molar-refractivity contribution in [2.75, 3.05) is 26.5 Å². The first kappa shape index (κ1) is 19.4. The van der Waals surface area contributed by atoms with Gasteiger partial charge in [-0.3, -0.25) is 4.79 Å². The Hall–Kier alpha value is -2.90. The maximum absolute atomic E-state index is 12.9. The van der Waals surface area contributed by atoms with Crippen molar-refractivity contribution in [1.29, 1.82) is 0 Å². The van der Waals surface area contributed by atoms with Gasteiger partial charge in [0.2, 0.25) is 10.0 Å². The van der Waals surface area contributed by atoms with E-state index in [9.17, 15) is 13.2 Å². The molecule has 1 N–H and O–H groups in total. The van der Waals surface area contributed by atoms with Crippen molar-refractivity contribution in [1.82, 2.24) is 4.31 Å². The lowest BCUT2D eigenvalue weighted by Crippen LogP contribution is -2.23. The summed E-state index contributed by atoms with van der Waals surface area (Å²) in [6.45, 7) is 0. The molecule has 29 heavy (non-hydrogen) atoms. The number of carbonyl (C=O) groups excluding carboxylic acids is 1. The molecule has 3 aromatic rings. The van der Waals surface area contributed by atoms with E-state index in [1.807, 2.05) is 24.3 Å². The molecule has 0 saturated heterocycles. The van der Waals surface area contributed by atoms with Gasteiger partial charge in [-0.15, -0.1) is 0 Å². The smallest absolute Gasteiger partial charge is 0.255 e. The fourth-order valence-corrected chi connectivity index (χ4v) is 4.84. The molecule has 0 fully saturated rings. The topological polar surface area (TPSA) is 75.7 Å². The number of sulfonamides is 1. The molecule has 0 aromatic heterocycles. The van der Waals surface area contributed by atoms with Gasteiger partial charge in [0, 0.05) is 30.7 Å². The van der Waals surface area contributed by atoms with Gasteiger partial charge in [0.25, 0.3) is 5.91 Å². The number of rotatable bonds is 5. The van der Waals surface area contributed by atoms with Crippen LogP contribution in [0.15, 0.2) is 53.4 Å². The van der Waals surface area contributed by atoms with E-state index in [-0.39, 0.29) is 22.1 Å². The number of benzene rings is 3. The third-order valence-corrected chi connectivity index (χ3v) is 7.15. The van der Waals surface area contributed by atoms with E-state index in [1.165, 1.54) is 49.9 Å². The molecule has 0 heterocycles. The predicted octanol–water partition coefficient (Wildman–Crippen LogP) is 3.45. The van der Waals surface area contributed by atoms with E-state index in [0.717, 1.165) is 22.5 Å². The van der Waals surface area contributed by atoms with Gasteiger partial charge in [0.1, 0.15) is 10.6 Å². The third-order valence-electron chi connectivity index (χ3n) is 5.31. The summed E-state index contributed by atoms with van der Waals surface area (Å²) in [4.78, 5) is 12.9. The Kier molecular flexibility index (Phi) is 4.80. The number of methoxy groups -OCH3 is 1. The van der Waals surface area contributed by atoms with E-state index in [4.69, 9.17) is 4.74 Å². The number of ether oxygens (including phenoxy) is 1. The Morgan fingerprint density at radius 1 is 1.03 bits per heavy atom. The molecule has 4 rings (SSSR count). The highest BCUT2D eigenvalue weighted by atomic mass is 32.2. The van der Waals surface area contributed by atoms with Crippen LogP contribution in [0.25, 0.3) is 10.8 Å². The highest BCUT2D eigenvalue weighted by Gasteiger charge is 2.24. The predicted molar refractivity (Wildman–Crippen MR) is 113 cm³/mol. The molecule has 3 aromatic carbocycles. The number of nitrogens with zero attached hydrogens (tertiary/aromatic N) is 1. The van der Waals surface area contributed by atoms with Gasteiger partial charge in [-0.2, -0.15) is 0 Å². The zero-order valence-electron chi connectivity index (χ0n) is 16.5. The minimum Gasteiger partial charge on any atom is -0.495 e. The Morgan fingerprint density at radius 2 is 1.76 bits per heavy atom. The molecule has 0 aliphatic heterocycles. The van der Waals surface area contributed by atoms with Crippen LogP contribution in [0.4, 0.5) is 5.69 Å². The summed E-state index contributed by atoms with van der Waals surface area (Å²) in [7, 11) is 0.519. The highest BCUT2D eigenvalue weighted by molar-refractivity contribution is 7.89. The van der Waals surface area contributed by atoms with Gasteiger partial charge in [0.05, 0.1) is 7.11 Å². The number of nitrogens with one attached hydrogen (secondary N) is 1. The molecular formula is C22H22N2O4S. The Morgan fingerprint density at radius 3 is 2.45 bits per heavy atom. The first-order valence-electron chi connectivity index (χ1n) is 9.28. The molecule has 1 aliphatic rings. The summed E-state index contributed by atoms with van der Waals surface area (Å²) in [6, 6.07) is 14.5. The van der Waals surface area contributed by atoms with Crippen LogP contribution in [-0.4, -0.2) is 39.8 Å². The van der Waals surface area contributed by atoms with Crippen molar-refractivity contribution in [3.63, 3.8) is 0 Å². The average molecular weight is 410 g/mol. The number of carbonyl (C=O) groups is 1. The molecule has 1 aliphatic carbocycles. The van der Waals surface area contributed by atoms with E-state index in [2.05, 4.69) is 11.4 Å². The zero-order chi connectivity index (χ0) is 20.8. The monoisotopic (exact) mass is 410 g/mol. The van der Waals surface area contributed by atoms with Crippen molar-refractivity contribution in [2.24, 2.45) is 0 Å². The Bertz CT molecular complexity index is 1220. The summed E-state index contributed by atoms with van der Waals surface area (Å²) >= 11 is 0. The fraction of sp³-hybridized carbons (Fsp3) is 0.227. The number of hydrogen-bond donors (Lipinski definition) is 1. The minimum atomic E-state index is -3.76. The number of hydrogen-bond acceptors (Lipinski definition) is 4. The normalized spacial score (nSPS) is 13.1. The molecule has 0 unspecified atom stereocenters. The van der Waals surface area contributed by atoms with Gasteiger partial charge in [0.15, 0.2) is 0 Å². The summed E-state index contributed by atoms with van der Waals surface area (Å²) in [5.41, 5.74) is 3.54. The lowest BCUT2D eigenvalue weighted by atomic mass is 10.0. The fourth-order valence-electron chi connectivity index (χ4n) is 3.77. The van der Waals surface area contributed by atoms with E-state index >= 15 is 0 Å². The summed E-state index contributed by atoms with van der Waals surface area (Å²) in [5, 5.41) is 5.15. The Balaban J connectivity index is 1.73. The standard InChI is InChI=1S/C22H22N2O4S/c1-24(2)29(26,27)20-13-16(10-12-19(20)28-3)22(25)23-18-11-9-15-8-7-14-5-4-6-17(18)21(14)15/h4-6,9-13H,7-8H2,1-3H3,(H,23,25). The second-order valence-corrected chi connectivity index (χ2v) is 9.34. The number of aryl methyl sites for hydroxylation is 2. The van der Waals surface area contributed by atoms with Crippen LogP contribution >= 0.6 is 0 Å². The molecule has 0 radical (unpaired) electrons. The van der Waals surface area contributed by atoms with E-state index < -0.39 is 10.0 Å². The summed E-state index contributed by atoms with van der Waals surface area (Å²) < 4.78 is 31.5. The SMILES string of the molecule is COc1ccc(C(=O)Nc2ccc3c4c(cccc24)CC3)cc1S(=O)(=O)N(C)C. The first-order chi connectivity index (χ1) is 13.8. The van der Waals surface area contributed by atoms with Crippen molar-refractivity contribution >= 4 is 32.4 Å². The van der Waals surface area contributed by atoms with Crippen LogP contribution in [0.2, 0.25) is 0 Å². The van der Waals surface area contributed by atoms with Gasteiger partial charge in [-0.25, -0.2) is 12.7 Å². The molecule has 1 amide bonds. The zero-order valence-corrected chi connectivity index (χ0v) is 17.3. The molecule has 6 nitrogen and oxygen atoms in total.